The van der Waals surface area contributed by atoms with Gasteiger partial charge in [-0.2, -0.15) is 5.10 Å². The predicted molar refractivity (Wildman–Crippen MR) is 47.7 cm³/mol. The van der Waals surface area contributed by atoms with E-state index >= 15 is 0 Å². The van der Waals surface area contributed by atoms with Crippen molar-refractivity contribution in [3.8, 4) is 0 Å². The van der Waals surface area contributed by atoms with Crippen LogP contribution in [0.25, 0.3) is 11.0 Å². The highest BCUT2D eigenvalue weighted by Crippen LogP contribution is 2.16. The standard InChI is InChI=1S/C8H10N4/c1-5-7(9)3-6-4-10-12(2)8(6)11-5/h3-4H,9H2,1-2H3. The van der Waals surface area contributed by atoms with Crippen molar-refractivity contribution in [2.45, 2.75) is 6.92 Å². The molecule has 0 aromatic carbocycles. The Kier molecular flexibility index (Phi) is 1.30. The third-order valence-corrected chi connectivity index (χ3v) is 1.94. The summed E-state index contributed by atoms with van der Waals surface area (Å²) in [6, 6.07) is 1.89. The van der Waals surface area contributed by atoms with Gasteiger partial charge in [0.1, 0.15) is 0 Å². The van der Waals surface area contributed by atoms with Gasteiger partial charge in [0.25, 0.3) is 0 Å². The second kappa shape index (κ2) is 2.20. The van der Waals surface area contributed by atoms with Crippen molar-refractivity contribution >= 4 is 16.7 Å². The van der Waals surface area contributed by atoms with E-state index in [2.05, 4.69) is 10.1 Å². The summed E-state index contributed by atoms with van der Waals surface area (Å²) < 4.78 is 1.74. The van der Waals surface area contributed by atoms with Crippen molar-refractivity contribution in [3.05, 3.63) is 18.0 Å². The summed E-state index contributed by atoms with van der Waals surface area (Å²) in [5, 5.41) is 5.06. The number of aromatic nitrogens is 3. The van der Waals surface area contributed by atoms with Gasteiger partial charge >= 0.3 is 0 Å². The van der Waals surface area contributed by atoms with Gasteiger partial charge in [-0.3, -0.25) is 4.68 Å². The molecule has 4 heteroatoms. The maximum atomic E-state index is 5.70. The lowest BCUT2D eigenvalue weighted by atomic mass is 10.3. The molecule has 2 N–H and O–H groups in total. The van der Waals surface area contributed by atoms with Crippen LogP contribution in [0.1, 0.15) is 5.69 Å². The minimum absolute atomic E-state index is 0.718. The first-order valence-electron chi connectivity index (χ1n) is 3.73. The minimum Gasteiger partial charge on any atom is -0.397 e. The van der Waals surface area contributed by atoms with E-state index in [0.29, 0.717) is 0 Å². The number of pyridine rings is 1. The van der Waals surface area contributed by atoms with Crippen molar-refractivity contribution in [1.82, 2.24) is 14.8 Å². The summed E-state index contributed by atoms with van der Waals surface area (Å²) in [4.78, 5) is 4.31. The van der Waals surface area contributed by atoms with Gasteiger partial charge in [-0.1, -0.05) is 0 Å². The van der Waals surface area contributed by atoms with Crippen LogP contribution in [0.15, 0.2) is 12.3 Å². The van der Waals surface area contributed by atoms with Crippen LogP contribution in [0.4, 0.5) is 5.69 Å². The van der Waals surface area contributed by atoms with Crippen LogP contribution < -0.4 is 5.73 Å². The molecule has 2 aromatic heterocycles. The molecule has 0 radical (unpaired) electrons. The van der Waals surface area contributed by atoms with Gasteiger partial charge < -0.3 is 5.73 Å². The van der Waals surface area contributed by atoms with Crippen LogP contribution in [-0.2, 0) is 7.05 Å². The van der Waals surface area contributed by atoms with Gasteiger partial charge in [0.15, 0.2) is 5.65 Å². The molecule has 12 heavy (non-hydrogen) atoms. The average Bonchev–Trinajstić information content (AvgIpc) is 2.35. The normalized spacial score (nSPS) is 10.8. The van der Waals surface area contributed by atoms with E-state index in [1.165, 1.54) is 0 Å². The zero-order chi connectivity index (χ0) is 8.72. The lowest BCUT2D eigenvalue weighted by Gasteiger charge is -1.98. The first-order chi connectivity index (χ1) is 5.68. The molecule has 0 aliphatic rings. The lowest BCUT2D eigenvalue weighted by Crippen LogP contribution is -1.96. The molecule has 4 nitrogen and oxygen atoms in total. The van der Waals surface area contributed by atoms with Gasteiger partial charge in [0.05, 0.1) is 17.6 Å². The number of anilines is 1. The number of nitrogen functional groups attached to an aromatic ring is 1. The maximum Gasteiger partial charge on any atom is 0.157 e. The molecule has 0 aliphatic carbocycles. The smallest absolute Gasteiger partial charge is 0.157 e. The highest BCUT2D eigenvalue weighted by atomic mass is 15.3. The van der Waals surface area contributed by atoms with Crippen LogP contribution in [0.5, 0.6) is 0 Å². The quantitative estimate of drug-likeness (QED) is 0.625. The monoisotopic (exact) mass is 162 g/mol. The van der Waals surface area contributed by atoms with Crippen molar-refractivity contribution in [1.29, 1.82) is 0 Å². The second-order valence-electron chi connectivity index (χ2n) is 2.84. The summed E-state index contributed by atoms with van der Waals surface area (Å²) in [6.07, 6.45) is 1.76. The number of nitrogens with two attached hydrogens (primary N) is 1. The zero-order valence-corrected chi connectivity index (χ0v) is 7.07. The van der Waals surface area contributed by atoms with Gasteiger partial charge in [-0.05, 0) is 13.0 Å². The van der Waals surface area contributed by atoms with Crippen LogP contribution in [0.3, 0.4) is 0 Å². The van der Waals surface area contributed by atoms with Crippen molar-refractivity contribution < 1.29 is 0 Å². The summed E-state index contributed by atoms with van der Waals surface area (Å²) in [6.45, 7) is 1.89. The van der Waals surface area contributed by atoms with Gasteiger partial charge in [0, 0.05) is 12.4 Å². The Morgan fingerprint density at radius 1 is 1.50 bits per heavy atom. The van der Waals surface area contributed by atoms with E-state index in [9.17, 15) is 0 Å². The Hall–Kier alpha value is -1.58. The second-order valence-corrected chi connectivity index (χ2v) is 2.84. The van der Waals surface area contributed by atoms with E-state index in [0.717, 1.165) is 22.4 Å². The van der Waals surface area contributed by atoms with E-state index in [1.54, 1.807) is 10.9 Å². The Morgan fingerprint density at radius 3 is 3.00 bits per heavy atom. The van der Waals surface area contributed by atoms with Crippen molar-refractivity contribution in [3.63, 3.8) is 0 Å². The molecular formula is C8H10N4. The molecule has 0 bridgehead atoms. The number of hydrogen-bond acceptors (Lipinski definition) is 3. The molecule has 0 spiro atoms. The lowest BCUT2D eigenvalue weighted by molar-refractivity contribution is 0.785. The van der Waals surface area contributed by atoms with E-state index in [-0.39, 0.29) is 0 Å². The fraction of sp³-hybridized carbons (Fsp3) is 0.250. The summed E-state index contributed by atoms with van der Waals surface area (Å²) >= 11 is 0. The SMILES string of the molecule is Cc1nc2c(cnn2C)cc1N. The first kappa shape index (κ1) is 7.09. The zero-order valence-electron chi connectivity index (χ0n) is 7.07. The van der Waals surface area contributed by atoms with E-state index in [4.69, 9.17) is 5.73 Å². The largest absolute Gasteiger partial charge is 0.397 e. The van der Waals surface area contributed by atoms with Crippen LogP contribution in [0, 0.1) is 6.92 Å². The molecule has 2 rings (SSSR count). The van der Waals surface area contributed by atoms with E-state index in [1.807, 2.05) is 20.0 Å². The molecule has 0 amide bonds. The summed E-state index contributed by atoms with van der Waals surface area (Å²) in [5.41, 5.74) is 8.14. The number of aryl methyl sites for hydroxylation is 2. The van der Waals surface area contributed by atoms with Crippen LogP contribution in [0.2, 0.25) is 0 Å². The fourth-order valence-electron chi connectivity index (χ4n) is 1.18. The Bertz CT molecular complexity index is 430. The van der Waals surface area contributed by atoms with Crippen LogP contribution in [-0.4, -0.2) is 14.8 Å². The highest BCUT2D eigenvalue weighted by molar-refractivity contribution is 5.78. The molecule has 0 aliphatic heterocycles. The molecule has 0 unspecified atom stereocenters. The summed E-state index contributed by atoms with van der Waals surface area (Å²) in [7, 11) is 1.87. The van der Waals surface area contributed by atoms with Gasteiger partial charge in [-0.25, -0.2) is 4.98 Å². The minimum atomic E-state index is 0.718. The molecule has 2 aromatic rings. The number of nitrogens with zero attached hydrogens (tertiary/aromatic N) is 3. The van der Waals surface area contributed by atoms with Crippen LogP contribution >= 0.6 is 0 Å². The average molecular weight is 162 g/mol. The maximum absolute atomic E-state index is 5.70. The fourth-order valence-corrected chi connectivity index (χ4v) is 1.18. The third-order valence-electron chi connectivity index (χ3n) is 1.94. The highest BCUT2D eigenvalue weighted by Gasteiger charge is 2.03. The van der Waals surface area contributed by atoms with Gasteiger partial charge in [0.2, 0.25) is 0 Å². The Balaban J connectivity index is 2.87. The third kappa shape index (κ3) is 0.845. The number of rotatable bonds is 0. The Labute approximate surface area is 70.0 Å². The predicted octanol–water partition coefficient (Wildman–Crippen LogP) is 0.859. The molecule has 0 fully saturated rings. The Morgan fingerprint density at radius 2 is 2.25 bits per heavy atom. The van der Waals surface area contributed by atoms with E-state index < -0.39 is 0 Å². The number of fused-ring (bicyclic) bond motifs is 1. The molecule has 2 heterocycles. The molecule has 0 saturated heterocycles. The molecular weight excluding hydrogens is 152 g/mol. The first-order valence-corrected chi connectivity index (χ1v) is 3.73. The molecule has 0 saturated carbocycles. The molecule has 62 valence electrons. The summed E-state index contributed by atoms with van der Waals surface area (Å²) in [5.74, 6) is 0. The van der Waals surface area contributed by atoms with Crippen molar-refractivity contribution in [2.75, 3.05) is 5.73 Å². The van der Waals surface area contributed by atoms with Gasteiger partial charge in [-0.15, -0.1) is 0 Å². The topological polar surface area (TPSA) is 56.7 Å². The number of hydrogen-bond donors (Lipinski definition) is 1. The van der Waals surface area contributed by atoms with Crippen molar-refractivity contribution in [2.24, 2.45) is 7.05 Å². The molecule has 0 atom stereocenters.